The SMILES string of the molecule is C#CC(Cl)N=C(Cl)N=C(C)c1cccc(NC(=O)OC)n1. The highest BCUT2D eigenvalue weighted by molar-refractivity contribution is 6.66. The van der Waals surface area contributed by atoms with Gasteiger partial charge < -0.3 is 4.74 Å². The van der Waals surface area contributed by atoms with Crippen molar-refractivity contribution in [1.29, 1.82) is 0 Å². The first-order chi connectivity index (χ1) is 9.96. The number of alkyl halides is 1. The standard InChI is InChI=1S/C13H12Cl2N4O2/c1-4-10(14)18-12(15)16-8(2)9-6-5-7-11(17-9)19-13(20)21-3/h1,5-7,10H,2-3H3,(H,17,19,20). The molecule has 0 aliphatic carbocycles. The number of aliphatic imine (C=N–C) groups is 2. The summed E-state index contributed by atoms with van der Waals surface area (Å²) in [5.74, 6) is 2.51. The Labute approximate surface area is 132 Å². The summed E-state index contributed by atoms with van der Waals surface area (Å²) >= 11 is 11.4. The van der Waals surface area contributed by atoms with Crippen molar-refractivity contribution in [3.8, 4) is 12.3 Å². The number of anilines is 1. The van der Waals surface area contributed by atoms with E-state index in [2.05, 4.69) is 30.9 Å². The van der Waals surface area contributed by atoms with Gasteiger partial charge in [0.05, 0.1) is 18.5 Å². The Bertz CT molecular complexity index is 623. The minimum atomic E-state index is -0.880. The second kappa shape index (κ2) is 8.25. The molecule has 0 bridgehead atoms. The number of pyridine rings is 1. The third-order valence-corrected chi connectivity index (χ3v) is 2.56. The number of methoxy groups -OCH3 is 1. The number of amidine groups is 1. The number of amides is 1. The molecular formula is C13H12Cl2N4O2. The highest BCUT2D eigenvalue weighted by Gasteiger charge is 2.06. The maximum Gasteiger partial charge on any atom is 0.412 e. The largest absolute Gasteiger partial charge is 0.453 e. The van der Waals surface area contributed by atoms with Crippen molar-refractivity contribution in [2.45, 2.75) is 12.4 Å². The summed E-state index contributed by atoms with van der Waals surface area (Å²) in [7, 11) is 1.26. The van der Waals surface area contributed by atoms with Crippen LogP contribution in [0.15, 0.2) is 28.2 Å². The van der Waals surface area contributed by atoms with Crippen LogP contribution in [0.25, 0.3) is 0 Å². The molecule has 1 N–H and O–H groups in total. The minimum Gasteiger partial charge on any atom is -0.453 e. The lowest BCUT2D eigenvalue weighted by atomic mass is 10.2. The van der Waals surface area contributed by atoms with Gasteiger partial charge in [0.1, 0.15) is 5.82 Å². The van der Waals surface area contributed by atoms with Gasteiger partial charge in [0.25, 0.3) is 0 Å². The lowest BCUT2D eigenvalue weighted by Crippen LogP contribution is -2.13. The first kappa shape index (κ1) is 17.0. The molecule has 8 heteroatoms. The number of hydrogen-bond donors (Lipinski definition) is 1. The molecule has 0 saturated heterocycles. The molecule has 0 fully saturated rings. The predicted octanol–water partition coefficient (Wildman–Crippen LogP) is 2.86. The lowest BCUT2D eigenvalue weighted by Gasteiger charge is -2.05. The highest BCUT2D eigenvalue weighted by Crippen LogP contribution is 2.08. The van der Waals surface area contributed by atoms with Crippen LogP contribution in [0.1, 0.15) is 12.6 Å². The molecule has 21 heavy (non-hydrogen) atoms. The Balaban J connectivity index is 2.95. The number of rotatable bonds is 3. The zero-order chi connectivity index (χ0) is 15.8. The molecule has 0 aliphatic rings. The minimum absolute atomic E-state index is 0.0846. The Morgan fingerprint density at radius 1 is 1.57 bits per heavy atom. The molecule has 1 heterocycles. The molecule has 1 aromatic heterocycles. The summed E-state index contributed by atoms with van der Waals surface area (Å²) < 4.78 is 4.48. The fraction of sp³-hybridized carbons (Fsp3) is 0.231. The van der Waals surface area contributed by atoms with Gasteiger partial charge in [0.2, 0.25) is 5.29 Å². The second-order valence-corrected chi connectivity index (χ2v) is 4.37. The Morgan fingerprint density at radius 2 is 2.29 bits per heavy atom. The molecule has 6 nitrogen and oxygen atoms in total. The zero-order valence-corrected chi connectivity index (χ0v) is 12.8. The second-order valence-electron chi connectivity index (χ2n) is 3.62. The van der Waals surface area contributed by atoms with Crippen LogP contribution < -0.4 is 5.32 Å². The molecule has 1 rings (SSSR count). The lowest BCUT2D eigenvalue weighted by molar-refractivity contribution is 0.187. The third-order valence-electron chi connectivity index (χ3n) is 2.15. The van der Waals surface area contributed by atoms with Crippen molar-refractivity contribution in [3.63, 3.8) is 0 Å². The van der Waals surface area contributed by atoms with Gasteiger partial charge in [-0.2, -0.15) is 0 Å². The van der Waals surface area contributed by atoms with Gasteiger partial charge in [-0.25, -0.2) is 19.8 Å². The molecule has 0 aromatic carbocycles. The summed E-state index contributed by atoms with van der Waals surface area (Å²) in [6.45, 7) is 1.68. The average Bonchev–Trinajstić information content (AvgIpc) is 2.46. The molecule has 1 amide bonds. The van der Waals surface area contributed by atoms with Gasteiger partial charge in [0.15, 0.2) is 5.50 Å². The van der Waals surface area contributed by atoms with Crippen LogP contribution >= 0.6 is 23.2 Å². The van der Waals surface area contributed by atoms with Gasteiger partial charge in [-0.05, 0) is 30.7 Å². The van der Waals surface area contributed by atoms with Gasteiger partial charge in [-0.3, -0.25) is 5.32 Å². The maximum atomic E-state index is 11.1. The van der Waals surface area contributed by atoms with Gasteiger partial charge in [-0.1, -0.05) is 23.6 Å². The molecule has 0 radical (unpaired) electrons. The molecule has 1 aromatic rings. The van der Waals surface area contributed by atoms with Crippen LogP contribution in [0.5, 0.6) is 0 Å². The van der Waals surface area contributed by atoms with Gasteiger partial charge >= 0.3 is 6.09 Å². The number of hydrogen-bond acceptors (Lipinski definition) is 4. The molecule has 1 unspecified atom stereocenters. The summed E-state index contributed by atoms with van der Waals surface area (Å²) in [6.07, 6.45) is 4.46. The van der Waals surface area contributed by atoms with E-state index in [1.807, 2.05) is 0 Å². The molecule has 110 valence electrons. The van der Waals surface area contributed by atoms with E-state index in [9.17, 15) is 4.79 Å². The van der Waals surface area contributed by atoms with Gasteiger partial charge in [-0.15, -0.1) is 6.42 Å². The summed E-state index contributed by atoms with van der Waals surface area (Å²) in [6, 6.07) is 5.00. The van der Waals surface area contributed by atoms with Crippen molar-refractivity contribution in [2.24, 2.45) is 9.98 Å². The van der Waals surface area contributed by atoms with Gasteiger partial charge in [0, 0.05) is 0 Å². The molecule has 0 spiro atoms. The topological polar surface area (TPSA) is 75.9 Å². The number of nitrogens with one attached hydrogen (secondary N) is 1. The molecule has 0 saturated carbocycles. The number of carbonyl (C=O) groups excluding carboxylic acids is 1. The number of ether oxygens (including phenoxy) is 1. The van der Waals surface area contributed by atoms with Crippen molar-refractivity contribution in [2.75, 3.05) is 12.4 Å². The van der Waals surface area contributed by atoms with E-state index in [0.717, 1.165) is 0 Å². The van der Waals surface area contributed by atoms with E-state index >= 15 is 0 Å². The van der Waals surface area contributed by atoms with E-state index in [-0.39, 0.29) is 5.29 Å². The Kier molecular flexibility index (Phi) is 6.66. The van der Waals surface area contributed by atoms with Crippen molar-refractivity contribution >= 4 is 46.1 Å². The summed E-state index contributed by atoms with van der Waals surface area (Å²) in [5, 5.41) is 2.36. The fourth-order valence-electron chi connectivity index (χ4n) is 1.22. The van der Waals surface area contributed by atoms with Crippen LogP contribution in [0.3, 0.4) is 0 Å². The summed E-state index contributed by atoms with van der Waals surface area (Å²) in [5.41, 5.74) is 0.108. The normalized spacial score (nSPS) is 13.3. The van der Waals surface area contributed by atoms with Crippen molar-refractivity contribution in [1.82, 2.24) is 4.98 Å². The highest BCUT2D eigenvalue weighted by atomic mass is 35.5. The third kappa shape index (κ3) is 5.81. The van der Waals surface area contributed by atoms with E-state index < -0.39 is 11.6 Å². The first-order valence-electron chi connectivity index (χ1n) is 5.67. The molecular weight excluding hydrogens is 315 g/mol. The Hall–Kier alpha value is -2.10. The van der Waals surface area contributed by atoms with Crippen LogP contribution in [-0.4, -0.2) is 34.7 Å². The smallest absolute Gasteiger partial charge is 0.412 e. The number of halogens is 2. The number of nitrogens with zero attached hydrogens (tertiary/aromatic N) is 3. The van der Waals surface area contributed by atoms with Crippen LogP contribution in [0.4, 0.5) is 10.6 Å². The zero-order valence-electron chi connectivity index (χ0n) is 11.3. The predicted molar refractivity (Wildman–Crippen MR) is 84.2 cm³/mol. The first-order valence-corrected chi connectivity index (χ1v) is 6.49. The molecule has 0 aliphatic heterocycles. The van der Waals surface area contributed by atoms with Crippen LogP contribution in [0.2, 0.25) is 0 Å². The van der Waals surface area contributed by atoms with E-state index in [4.69, 9.17) is 29.6 Å². The summed E-state index contributed by atoms with van der Waals surface area (Å²) in [4.78, 5) is 23.1. The van der Waals surface area contributed by atoms with E-state index in [1.54, 1.807) is 25.1 Å². The van der Waals surface area contributed by atoms with Crippen molar-refractivity contribution in [3.05, 3.63) is 23.9 Å². The number of carbonyl (C=O) groups is 1. The van der Waals surface area contributed by atoms with E-state index in [0.29, 0.717) is 17.2 Å². The van der Waals surface area contributed by atoms with E-state index in [1.165, 1.54) is 7.11 Å². The molecule has 1 atom stereocenters. The fourth-order valence-corrected chi connectivity index (χ4v) is 1.58. The van der Waals surface area contributed by atoms with Crippen LogP contribution in [-0.2, 0) is 4.74 Å². The van der Waals surface area contributed by atoms with Crippen LogP contribution in [0, 0.1) is 12.3 Å². The maximum absolute atomic E-state index is 11.1. The Morgan fingerprint density at radius 3 is 2.90 bits per heavy atom. The average molecular weight is 327 g/mol. The monoisotopic (exact) mass is 326 g/mol. The number of terminal acetylenes is 1. The number of aromatic nitrogens is 1. The quantitative estimate of drug-likeness (QED) is 0.305. The van der Waals surface area contributed by atoms with Crippen molar-refractivity contribution < 1.29 is 9.53 Å².